The lowest BCUT2D eigenvalue weighted by Gasteiger charge is -2.22. The number of H-pyrrole nitrogens is 1. The Balaban J connectivity index is 1.51. The number of hydrogen-bond acceptors (Lipinski definition) is 6. The van der Waals surface area contributed by atoms with Crippen LogP contribution in [0.25, 0.3) is 0 Å². The Morgan fingerprint density at radius 3 is 2.74 bits per heavy atom. The summed E-state index contributed by atoms with van der Waals surface area (Å²) in [4.78, 5) is 21.3. The number of rotatable bonds is 3. The van der Waals surface area contributed by atoms with Crippen molar-refractivity contribution in [1.82, 2.24) is 30.5 Å². The average Bonchev–Trinajstić information content (AvgIpc) is 3.35. The molecule has 0 spiro atoms. The minimum absolute atomic E-state index is 0.0160. The number of aromatic amines is 1. The van der Waals surface area contributed by atoms with Crippen LogP contribution < -0.4 is 4.90 Å². The lowest BCUT2D eigenvalue weighted by atomic mass is 10.2. The van der Waals surface area contributed by atoms with Gasteiger partial charge in [-0.05, 0) is 37.8 Å². The van der Waals surface area contributed by atoms with E-state index < -0.39 is 0 Å². The van der Waals surface area contributed by atoms with Crippen LogP contribution in [0.2, 0.25) is 0 Å². The molecule has 2 saturated heterocycles. The number of pyridine rings is 1. The minimum Gasteiger partial charge on any atom is -0.357 e. The summed E-state index contributed by atoms with van der Waals surface area (Å²) >= 11 is 0. The number of likely N-dealkylation sites (tertiary alicyclic amines) is 1. The Hall–Kier alpha value is -2.51. The van der Waals surface area contributed by atoms with Crippen LogP contribution in [-0.4, -0.2) is 56.0 Å². The third-order valence-electron chi connectivity index (χ3n) is 4.60. The summed E-state index contributed by atoms with van der Waals surface area (Å²) < 4.78 is 0. The van der Waals surface area contributed by atoms with Gasteiger partial charge in [0.05, 0.1) is 11.6 Å². The van der Waals surface area contributed by atoms with Crippen molar-refractivity contribution in [3.8, 4) is 0 Å². The number of anilines is 1. The molecule has 1 amide bonds. The van der Waals surface area contributed by atoms with Crippen molar-refractivity contribution in [3.63, 3.8) is 0 Å². The Bertz CT molecular complexity index is 664. The molecule has 2 fully saturated rings. The van der Waals surface area contributed by atoms with Crippen molar-refractivity contribution in [2.24, 2.45) is 0 Å². The maximum Gasteiger partial charge on any atom is 0.256 e. The molecule has 8 heteroatoms. The first-order valence-corrected chi connectivity index (χ1v) is 8.08. The third-order valence-corrected chi connectivity index (χ3v) is 4.60. The minimum atomic E-state index is -0.0977. The topological polar surface area (TPSA) is 90.9 Å². The number of amides is 1. The number of hydrogen-bond donors (Lipinski definition) is 1. The SMILES string of the molecule is O=C(c1ccc(N2CCCC2)nc1)N1CCC[C@H]1c1nn[nH]n1. The van der Waals surface area contributed by atoms with Gasteiger partial charge in [-0.1, -0.05) is 5.21 Å². The van der Waals surface area contributed by atoms with Crippen molar-refractivity contribution >= 4 is 11.7 Å². The highest BCUT2D eigenvalue weighted by atomic mass is 16.2. The van der Waals surface area contributed by atoms with Gasteiger partial charge in [0.25, 0.3) is 5.91 Å². The molecule has 2 aliphatic rings. The van der Waals surface area contributed by atoms with Crippen LogP contribution >= 0.6 is 0 Å². The number of carbonyl (C=O) groups is 1. The first-order valence-electron chi connectivity index (χ1n) is 8.08. The van der Waals surface area contributed by atoms with Gasteiger partial charge in [-0.2, -0.15) is 5.21 Å². The number of nitrogens with one attached hydrogen (secondary N) is 1. The molecule has 4 rings (SSSR count). The molecule has 0 bridgehead atoms. The average molecular weight is 313 g/mol. The number of carbonyl (C=O) groups excluding carboxylic acids is 1. The van der Waals surface area contributed by atoms with Gasteiger partial charge in [0.1, 0.15) is 5.82 Å². The van der Waals surface area contributed by atoms with Crippen LogP contribution in [0.15, 0.2) is 18.3 Å². The zero-order valence-electron chi connectivity index (χ0n) is 12.9. The quantitative estimate of drug-likeness (QED) is 0.915. The summed E-state index contributed by atoms with van der Waals surface area (Å²) in [6.07, 6.45) is 5.92. The highest BCUT2D eigenvalue weighted by Crippen LogP contribution is 2.30. The second-order valence-corrected chi connectivity index (χ2v) is 6.03. The van der Waals surface area contributed by atoms with Crippen LogP contribution in [0, 0.1) is 0 Å². The summed E-state index contributed by atoms with van der Waals surface area (Å²) in [7, 11) is 0. The zero-order chi connectivity index (χ0) is 15.6. The van der Waals surface area contributed by atoms with Crippen molar-refractivity contribution in [2.75, 3.05) is 24.5 Å². The van der Waals surface area contributed by atoms with E-state index in [1.54, 1.807) is 6.20 Å². The van der Waals surface area contributed by atoms with E-state index in [-0.39, 0.29) is 11.9 Å². The predicted molar refractivity (Wildman–Crippen MR) is 82.9 cm³/mol. The standard InChI is InChI=1S/C15H19N7O/c23-15(22-9-3-4-12(22)14-17-19-20-18-14)11-5-6-13(16-10-11)21-7-1-2-8-21/h5-6,10,12H,1-4,7-9H2,(H,17,18,19,20)/t12-/m0/s1. The van der Waals surface area contributed by atoms with Gasteiger partial charge >= 0.3 is 0 Å². The van der Waals surface area contributed by atoms with E-state index in [0.717, 1.165) is 31.7 Å². The number of tetrazole rings is 1. The van der Waals surface area contributed by atoms with E-state index in [0.29, 0.717) is 17.9 Å². The van der Waals surface area contributed by atoms with Crippen LogP contribution in [0.3, 0.4) is 0 Å². The van der Waals surface area contributed by atoms with Crippen molar-refractivity contribution in [3.05, 3.63) is 29.7 Å². The Labute approximate surface area is 133 Å². The van der Waals surface area contributed by atoms with Crippen LogP contribution in [0.4, 0.5) is 5.82 Å². The lowest BCUT2D eigenvalue weighted by molar-refractivity contribution is 0.0729. The molecular formula is C15H19N7O. The molecule has 0 aliphatic carbocycles. The highest BCUT2D eigenvalue weighted by Gasteiger charge is 2.33. The molecule has 1 N–H and O–H groups in total. The molecule has 1 atom stereocenters. The fourth-order valence-electron chi connectivity index (χ4n) is 3.40. The summed E-state index contributed by atoms with van der Waals surface area (Å²) in [5.41, 5.74) is 0.614. The largest absolute Gasteiger partial charge is 0.357 e. The van der Waals surface area contributed by atoms with Gasteiger partial charge in [0.2, 0.25) is 0 Å². The predicted octanol–water partition coefficient (Wildman–Crippen LogP) is 1.17. The van der Waals surface area contributed by atoms with Gasteiger partial charge in [-0.25, -0.2) is 4.98 Å². The van der Waals surface area contributed by atoms with Gasteiger partial charge < -0.3 is 9.80 Å². The molecule has 2 aromatic heterocycles. The van der Waals surface area contributed by atoms with Crippen LogP contribution in [0.1, 0.15) is 47.9 Å². The van der Waals surface area contributed by atoms with Crippen molar-refractivity contribution in [1.29, 1.82) is 0 Å². The smallest absolute Gasteiger partial charge is 0.256 e. The molecule has 0 saturated carbocycles. The fraction of sp³-hybridized carbons (Fsp3) is 0.533. The van der Waals surface area contributed by atoms with E-state index in [2.05, 4.69) is 30.5 Å². The first kappa shape index (κ1) is 14.1. The Morgan fingerprint density at radius 2 is 2.04 bits per heavy atom. The molecule has 8 nitrogen and oxygen atoms in total. The van der Waals surface area contributed by atoms with E-state index in [4.69, 9.17) is 0 Å². The molecule has 23 heavy (non-hydrogen) atoms. The van der Waals surface area contributed by atoms with Crippen molar-refractivity contribution < 1.29 is 4.79 Å². The molecule has 120 valence electrons. The molecule has 4 heterocycles. The Morgan fingerprint density at radius 1 is 1.17 bits per heavy atom. The molecule has 0 unspecified atom stereocenters. The normalized spacial score (nSPS) is 21.1. The molecule has 2 aliphatic heterocycles. The zero-order valence-corrected chi connectivity index (χ0v) is 12.9. The highest BCUT2D eigenvalue weighted by molar-refractivity contribution is 5.94. The fourth-order valence-corrected chi connectivity index (χ4v) is 3.40. The Kier molecular flexibility index (Phi) is 3.64. The molecule has 0 radical (unpaired) electrons. The third kappa shape index (κ3) is 2.64. The molecule has 2 aromatic rings. The van der Waals surface area contributed by atoms with E-state index >= 15 is 0 Å². The number of aromatic nitrogens is 5. The monoisotopic (exact) mass is 313 g/mol. The maximum atomic E-state index is 12.8. The second-order valence-electron chi connectivity index (χ2n) is 6.03. The summed E-state index contributed by atoms with van der Waals surface area (Å²) in [5, 5.41) is 14.1. The van der Waals surface area contributed by atoms with Gasteiger partial charge in [-0.15, -0.1) is 10.2 Å². The summed E-state index contributed by atoms with van der Waals surface area (Å²) in [5.74, 6) is 1.52. The van der Waals surface area contributed by atoms with E-state index in [9.17, 15) is 4.79 Å². The van der Waals surface area contributed by atoms with Crippen molar-refractivity contribution in [2.45, 2.75) is 31.7 Å². The summed E-state index contributed by atoms with van der Waals surface area (Å²) in [6.45, 7) is 2.81. The van der Waals surface area contributed by atoms with E-state index in [1.807, 2.05) is 17.0 Å². The van der Waals surface area contributed by atoms with Crippen LogP contribution in [-0.2, 0) is 0 Å². The van der Waals surface area contributed by atoms with E-state index in [1.165, 1.54) is 12.8 Å². The second kappa shape index (κ2) is 5.94. The lowest BCUT2D eigenvalue weighted by Crippen LogP contribution is -2.31. The number of nitrogens with zero attached hydrogens (tertiary/aromatic N) is 6. The van der Waals surface area contributed by atoms with Gasteiger partial charge in [-0.3, -0.25) is 4.79 Å². The molecular weight excluding hydrogens is 294 g/mol. The van der Waals surface area contributed by atoms with Crippen LogP contribution in [0.5, 0.6) is 0 Å². The first-order chi connectivity index (χ1) is 11.3. The summed E-state index contributed by atoms with van der Waals surface area (Å²) in [6, 6.07) is 3.71. The van der Waals surface area contributed by atoms with Gasteiger partial charge in [0.15, 0.2) is 5.82 Å². The maximum absolute atomic E-state index is 12.8. The molecule has 0 aromatic carbocycles. The van der Waals surface area contributed by atoms with Gasteiger partial charge in [0, 0.05) is 25.8 Å².